The Kier molecular flexibility index (Phi) is 2.82. The number of rotatable bonds is 1. The van der Waals surface area contributed by atoms with Crippen LogP contribution in [-0.4, -0.2) is 44.2 Å². The molecule has 1 saturated heterocycles. The van der Waals surface area contributed by atoms with Crippen LogP contribution in [0.25, 0.3) is 0 Å². The first-order valence-electron chi connectivity index (χ1n) is 6.54. The van der Waals surface area contributed by atoms with Crippen molar-refractivity contribution in [2.45, 2.75) is 25.2 Å². The summed E-state index contributed by atoms with van der Waals surface area (Å²) in [4.78, 5) is 10.7. The highest BCUT2D eigenvalue weighted by atomic mass is 35.5. The molecule has 4 rings (SSSR count). The average Bonchev–Trinajstić information content (AvgIpc) is 2.96. The maximum absolute atomic E-state index is 5.92. The molecule has 1 fully saturated rings. The summed E-state index contributed by atoms with van der Waals surface area (Å²) in [7, 11) is 0. The summed E-state index contributed by atoms with van der Waals surface area (Å²) in [5, 5.41) is 8.68. The van der Waals surface area contributed by atoms with Gasteiger partial charge in [0.15, 0.2) is 0 Å². The number of hydrogen-bond donors (Lipinski definition) is 0. The lowest BCUT2D eigenvalue weighted by atomic mass is 10.0. The quantitative estimate of drug-likeness (QED) is 0.783. The molecule has 0 radical (unpaired) electrons. The summed E-state index contributed by atoms with van der Waals surface area (Å²) in [6, 6.07) is 0.254. The lowest BCUT2D eigenvalue weighted by Gasteiger charge is -2.40. The van der Waals surface area contributed by atoms with Crippen LogP contribution < -0.4 is 4.90 Å². The van der Waals surface area contributed by atoms with Gasteiger partial charge >= 0.3 is 0 Å². The van der Waals surface area contributed by atoms with Crippen molar-refractivity contribution in [2.75, 3.05) is 18.0 Å². The number of aromatic nitrogens is 5. The minimum atomic E-state index is 0.0947. The zero-order chi connectivity index (χ0) is 13.5. The van der Waals surface area contributed by atoms with Gasteiger partial charge in [-0.05, 0) is 6.42 Å². The average molecular weight is 293 g/mol. The van der Waals surface area contributed by atoms with E-state index in [1.807, 2.05) is 4.68 Å². The molecule has 2 aliphatic rings. The van der Waals surface area contributed by atoms with Gasteiger partial charge in [0.1, 0.15) is 0 Å². The molecule has 4 heterocycles. The Morgan fingerprint density at radius 1 is 1.25 bits per heavy atom. The molecule has 0 saturated carbocycles. The first kappa shape index (κ1) is 12.0. The summed E-state index contributed by atoms with van der Waals surface area (Å²) in [5.41, 5.74) is 1.04. The van der Waals surface area contributed by atoms with Crippen molar-refractivity contribution in [3.8, 4) is 0 Å². The molecule has 0 N–H and O–H groups in total. The van der Waals surface area contributed by atoms with Crippen molar-refractivity contribution in [3.05, 3.63) is 29.3 Å². The Morgan fingerprint density at radius 2 is 2.10 bits per heavy atom. The monoisotopic (exact) mass is 292 g/mol. The number of halogens is 1. The van der Waals surface area contributed by atoms with Gasteiger partial charge in [0.2, 0.25) is 5.95 Å². The summed E-state index contributed by atoms with van der Waals surface area (Å²) < 4.78 is 7.91. The molecule has 0 bridgehead atoms. The predicted octanol–water partition coefficient (Wildman–Crippen LogP) is 1.07. The molecule has 0 spiro atoms. The molecule has 2 aromatic heterocycles. The number of anilines is 1. The smallest absolute Gasteiger partial charge is 0.225 e. The van der Waals surface area contributed by atoms with E-state index in [2.05, 4.69) is 25.2 Å². The van der Waals surface area contributed by atoms with Crippen molar-refractivity contribution in [3.63, 3.8) is 0 Å². The molecule has 0 aromatic carbocycles. The molecule has 104 valence electrons. The maximum Gasteiger partial charge on any atom is 0.225 e. The zero-order valence-corrected chi connectivity index (χ0v) is 11.4. The summed E-state index contributed by atoms with van der Waals surface area (Å²) in [6.07, 6.45) is 6.04. The highest BCUT2D eigenvalue weighted by Crippen LogP contribution is 2.31. The highest BCUT2D eigenvalue weighted by Gasteiger charge is 2.36. The molecule has 7 nitrogen and oxygen atoms in total. The molecule has 8 heteroatoms. The Bertz CT molecular complexity index is 615. The Balaban J connectivity index is 1.55. The third-order valence-corrected chi connectivity index (χ3v) is 4.02. The van der Waals surface area contributed by atoms with Crippen LogP contribution in [0, 0.1) is 0 Å². The molecule has 0 aliphatic carbocycles. The van der Waals surface area contributed by atoms with Crippen LogP contribution in [0.5, 0.6) is 0 Å². The van der Waals surface area contributed by atoms with E-state index in [1.54, 1.807) is 18.6 Å². The predicted molar refractivity (Wildman–Crippen MR) is 71.5 cm³/mol. The molecule has 0 amide bonds. The fraction of sp³-hybridized carbons (Fsp3) is 0.500. The van der Waals surface area contributed by atoms with E-state index >= 15 is 0 Å². The normalized spacial score (nSPS) is 25.1. The van der Waals surface area contributed by atoms with E-state index in [9.17, 15) is 0 Å². The van der Waals surface area contributed by atoms with Crippen molar-refractivity contribution in [1.29, 1.82) is 0 Å². The maximum atomic E-state index is 5.92. The highest BCUT2D eigenvalue weighted by molar-refractivity contribution is 6.30. The number of piperidine rings is 1. The SMILES string of the molecule is Clc1cnc(N2CC[C@H]3[C@H](C2)OCc2cnnn23)nc1. The zero-order valence-electron chi connectivity index (χ0n) is 10.7. The van der Waals surface area contributed by atoms with Crippen LogP contribution >= 0.6 is 11.6 Å². The molecule has 2 aromatic rings. The minimum Gasteiger partial charge on any atom is -0.368 e. The Morgan fingerprint density at radius 3 is 2.95 bits per heavy atom. The van der Waals surface area contributed by atoms with Gasteiger partial charge in [-0.15, -0.1) is 5.10 Å². The van der Waals surface area contributed by atoms with Gasteiger partial charge in [-0.25, -0.2) is 14.6 Å². The molecule has 2 aliphatic heterocycles. The van der Waals surface area contributed by atoms with Crippen LogP contribution in [0.15, 0.2) is 18.6 Å². The molecule has 0 unspecified atom stereocenters. The first-order chi connectivity index (χ1) is 9.81. The van der Waals surface area contributed by atoms with E-state index in [1.165, 1.54) is 0 Å². The standard InChI is InChI=1S/C12H13ClN6O/c13-8-3-14-12(15-4-8)18-2-1-10-11(6-18)20-7-9-5-16-17-19(9)10/h3-5,10-11H,1-2,6-7H2/t10-,11-/m0/s1. The topological polar surface area (TPSA) is 69.0 Å². The van der Waals surface area contributed by atoms with Gasteiger partial charge < -0.3 is 9.64 Å². The molecular formula is C12H13ClN6O. The Hall–Kier alpha value is -1.73. The van der Waals surface area contributed by atoms with Crippen LogP contribution in [-0.2, 0) is 11.3 Å². The van der Waals surface area contributed by atoms with E-state index < -0.39 is 0 Å². The lowest BCUT2D eigenvalue weighted by molar-refractivity contribution is -0.0336. The van der Waals surface area contributed by atoms with Crippen LogP contribution in [0.4, 0.5) is 5.95 Å². The summed E-state index contributed by atoms with van der Waals surface area (Å²) in [5.74, 6) is 0.695. The second-order valence-electron chi connectivity index (χ2n) is 5.02. The van der Waals surface area contributed by atoms with Crippen molar-refractivity contribution in [2.24, 2.45) is 0 Å². The Labute approximate surface area is 120 Å². The first-order valence-corrected chi connectivity index (χ1v) is 6.92. The van der Waals surface area contributed by atoms with Gasteiger partial charge in [0.05, 0.1) is 48.1 Å². The van der Waals surface area contributed by atoms with Gasteiger partial charge in [-0.1, -0.05) is 16.8 Å². The van der Waals surface area contributed by atoms with Crippen LogP contribution in [0.2, 0.25) is 5.02 Å². The second kappa shape index (κ2) is 4.68. The van der Waals surface area contributed by atoms with Crippen molar-refractivity contribution in [1.82, 2.24) is 25.0 Å². The van der Waals surface area contributed by atoms with Crippen LogP contribution in [0.1, 0.15) is 18.2 Å². The lowest BCUT2D eigenvalue weighted by Crippen LogP contribution is -2.49. The van der Waals surface area contributed by atoms with Crippen LogP contribution in [0.3, 0.4) is 0 Å². The number of nitrogens with zero attached hydrogens (tertiary/aromatic N) is 6. The van der Waals surface area contributed by atoms with Gasteiger partial charge in [-0.3, -0.25) is 0 Å². The van der Waals surface area contributed by atoms with Gasteiger partial charge in [-0.2, -0.15) is 0 Å². The minimum absolute atomic E-state index is 0.0947. The third kappa shape index (κ3) is 1.94. The largest absolute Gasteiger partial charge is 0.368 e. The van der Waals surface area contributed by atoms with Crippen molar-refractivity contribution < 1.29 is 4.74 Å². The van der Waals surface area contributed by atoms with Crippen molar-refractivity contribution >= 4 is 17.5 Å². The number of ether oxygens (including phenoxy) is 1. The fourth-order valence-corrected chi connectivity index (χ4v) is 2.94. The number of fused-ring (bicyclic) bond motifs is 3. The van der Waals surface area contributed by atoms with E-state index in [0.29, 0.717) is 17.6 Å². The number of hydrogen-bond acceptors (Lipinski definition) is 6. The summed E-state index contributed by atoms with van der Waals surface area (Å²) >= 11 is 5.82. The van der Waals surface area contributed by atoms with Gasteiger partial charge in [0, 0.05) is 13.1 Å². The molecule has 2 atom stereocenters. The molecule has 20 heavy (non-hydrogen) atoms. The van der Waals surface area contributed by atoms with Gasteiger partial charge in [0.25, 0.3) is 0 Å². The molecular weight excluding hydrogens is 280 g/mol. The third-order valence-electron chi connectivity index (χ3n) is 3.82. The summed E-state index contributed by atoms with van der Waals surface area (Å²) in [6.45, 7) is 2.18. The van der Waals surface area contributed by atoms with E-state index in [-0.39, 0.29) is 12.1 Å². The van der Waals surface area contributed by atoms with E-state index in [4.69, 9.17) is 16.3 Å². The second-order valence-corrected chi connectivity index (χ2v) is 5.46. The van der Waals surface area contributed by atoms with E-state index in [0.717, 1.165) is 25.2 Å². The fourth-order valence-electron chi connectivity index (χ4n) is 2.84.